The van der Waals surface area contributed by atoms with Gasteiger partial charge in [0.05, 0.1) is 12.2 Å². The summed E-state index contributed by atoms with van der Waals surface area (Å²) in [6.07, 6.45) is 0.955. The maximum absolute atomic E-state index is 14.5. The third-order valence-electron chi connectivity index (χ3n) is 9.95. The molecule has 1 saturated heterocycles. The van der Waals surface area contributed by atoms with Gasteiger partial charge in [-0.15, -0.1) is 0 Å². The molecule has 0 bridgehead atoms. The lowest BCUT2D eigenvalue weighted by Gasteiger charge is -2.29. The smallest absolute Gasteiger partial charge is 0.408 e. The Morgan fingerprint density at radius 3 is 2.10 bits per heavy atom. The maximum atomic E-state index is 14.5. The molecule has 4 amide bonds. The fourth-order valence-electron chi connectivity index (χ4n) is 7.03. The van der Waals surface area contributed by atoms with E-state index in [1.165, 1.54) is 4.90 Å². The molecule has 0 spiro atoms. The summed E-state index contributed by atoms with van der Waals surface area (Å²) >= 11 is 0. The van der Waals surface area contributed by atoms with Crippen molar-refractivity contribution in [3.63, 3.8) is 0 Å². The third-order valence-corrected chi connectivity index (χ3v) is 9.95. The van der Waals surface area contributed by atoms with E-state index in [0.29, 0.717) is 31.2 Å². The van der Waals surface area contributed by atoms with Gasteiger partial charge in [-0.2, -0.15) is 0 Å². The molecule has 3 aromatic carbocycles. The predicted molar refractivity (Wildman–Crippen MR) is 217 cm³/mol. The molecule has 58 heavy (non-hydrogen) atoms. The van der Waals surface area contributed by atoms with E-state index in [1.54, 1.807) is 51.1 Å². The Morgan fingerprint density at radius 1 is 0.793 bits per heavy atom. The number of aliphatic carboxylic acids is 1. The second kappa shape index (κ2) is 19.8. The van der Waals surface area contributed by atoms with Crippen molar-refractivity contribution in [2.24, 2.45) is 7.05 Å². The van der Waals surface area contributed by atoms with Crippen molar-refractivity contribution >= 4 is 46.7 Å². The molecule has 0 unspecified atom stereocenters. The van der Waals surface area contributed by atoms with E-state index in [4.69, 9.17) is 9.47 Å². The van der Waals surface area contributed by atoms with E-state index in [9.17, 15) is 33.9 Å². The van der Waals surface area contributed by atoms with Crippen molar-refractivity contribution in [1.29, 1.82) is 0 Å². The molecule has 0 radical (unpaired) electrons. The summed E-state index contributed by atoms with van der Waals surface area (Å²) in [4.78, 5) is 81.6. The number of carbonyl (C=O) groups excluding carboxylic acids is 5. The number of ether oxygens (including phenoxy) is 2. The number of para-hydroxylation sites is 1. The van der Waals surface area contributed by atoms with Crippen LogP contribution in [0.3, 0.4) is 0 Å². The first-order valence-corrected chi connectivity index (χ1v) is 19.6. The van der Waals surface area contributed by atoms with Gasteiger partial charge in [-0.1, -0.05) is 66.7 Å². The number of nitrogens with one attached hydrogen (secondary N) is 3. The summed E-state index contributed by atoms with van der Waals surface area (Å²) < 4.78 is 12.8. The van der Waals surface area contributed by atoms with E-state index in [-0.39, 0.29) is 32.4 Å². The van der Waals surface area contributed by atoms with Crippen LogP contribution in [0.15, 0.2) is 91.0 Å². The van der Waals surface area contributed by atoms with E-state index in [1.807, 2.05) is 72.3 Å². The van der Waals surface area contributed by atoms with E-state index >= 15 is 0 Å². The summed E-state index contributed by atoms with van der Waals surface area (Å²) in [6, 6.07) is 22.7. The second-order valence-corrected chi connectivity index (χ2v) is 15.5. The number of carbonyl (C=O) groups is 6. The zero-order valence-electron chi connectivity index (χ0n) is 33.4. The minimum absolute atomic E-state index is 0.0189. The number of hydrogen-bond acceptors (Lipinski definition) is 8. The first-order valence-electron chi connectivity index (χ1n) is 19.6. The number of nitrogens with zero attached hydrogens (tertiary/aromatic N) is 2. The summed E-state index contributed by atoms with van der Waals surface area (Å²) in [5, 5.41) is 19.2. The Morgan fingerprint density at radius 2 is 1.43 bits per heavy atom. The number of alkyl carbamates (subject to hydrolysis) is 1. The van der Waals surface area contributed by atoms with Gasteiger partial charge in [-0.05, 0) is 88.1 Å². The van der Waals surface area contributed by atoms with Crippen LogP contribution in [-0.4, -0.2) is 93.2 Å². The van der Waals surface area contributed by atoms with Crippen LogP contribution in [0.2, 0.25) is 0 Å². The van der Waals surface area contributed by atoms with Crippen LogP contribution in [0.1, 0.15) is 74.5 Å². The zero-order valence-corrected chi connectivity index (χ0v) is 33.4. The molecule has 0 saturated carbocycles. The van der Waals surface area contributed by atoms with Gasteiger partial charge in [0.2, 0.25) is 17.7 Å². The molecule has 4 atom stereocenters. The van der Waals surface area contributed by atoms with Crippen LogP contribution in [0.5, 0.6) is 0 Å². The molecule has 4 N–H and O–H groups in total. The number of unbranched alkanes of at least 4 members (excludes halogenated alkanes) is 1. The van der Waals surface area contributed by atoms with Crippen molar-refractivity contribution in [3.8, 4) is 0 Å². The maximum Gasteiger partial charge on any atom is 0.408 e. The average Bonchev–Trinajstić information content (AvgIpc) is 3.81. The number of hydrogen-bond donors (Lipinski definition) is 4. The Bertz CT molecular complexity index is 2060. The molecule has 1 aliphatic rings. The zero-order chi connectivity index (χ0) is 41.8. The molecule has 14 nitrogen and oxygen atoms in total. The number of likely N-dealkylation sites (tertiary alicyclic amines) is 1. The number of carboxylic acids is 1. The number of rotatable bonds is 17. The molecule has 1 aromatic heterocycles. The normalized spacial score (nSPS) is 15.5. The highest BCUT2D eigenvalue weighted by Crippen LogP contribution is 2.22. The number of aromatic nitrogens is 1. The van der Waals surface area contributed by atoms with Crippen LogP contribution < -0.4 is 16.0 Å². The van der Waals surface area contributed by atoms with Gasteiger partial charge in [0.15, 0.2) is 0 Å². The van der Waals surface area contributed by atoms with Crippen LogP contribution >= 0.6 is 0 Å². The molecular formula is C44H53N5O9. The van der Waals surface area contributed by atoms with Crippen molar-refractivity contribution in [1.82, 2.24) is 25.4 Å². The van der Waals surface area contributed by atoms with Crippen molar-refractivity contribution in [2.45, 2.75) is 95.5 Å². The molecule has 14 heteroatoms. The number of fused-ring (bicyclic) bond motifs is 1. The molecule has 1 fully saturated rings. The Labute approximate surface area is 338 Å². The van der Waals surface area contributed by atoms with Crippen LogP contribution in [0.25, 0.3) is 10.9 Å². The van der Waals surface area contributed by atoms with Gasteiger partial charge in [-0.25, -0.2) is 14.4 Å². The Kier molecular flexibility index (Phi) is 14.7. The number of carboxylic acid groups (broad SMARTS) is 1. The Balaban J connectivity index is 1.38. The second-order valence-electron chi connectivity index (χ2n) is 15.5. The third kappa shape index (κ3) is 11.9. The van der Waals surface area contributed by atoms with Crippen LogP contribution in [0, 0.1) is 0 Å². The van der Waals surface area contributed by atoms with Gasteiger partial charge in [0.25, 0.3) is 0 Å². The van der Waals surface area contributed by atoms with Gasteiger partial charge in [0.1, 0.15) is 29.8 Å². The minimum atomic E-state index is -1.23. The van der Waals surface area contributed by atoms with Crippen molar-refractivity contribution in [3.05, 3.63) is 108 Å². The fraction of sp³-hybridized carbons (Fsp3) is 0.409. The fourth-order valence-corrected chi connectivity index (χ4v) is 7.03. The highest BCUT2D eigenvalue weighted by molar-refractivity contribution is 5.95. The van der Waals surface area contributed by atoms with E-state index in [2.05, 4.69) is 16.0 Å². The first-order chi connectivity index (χ1) is 27.7. The highest BCUT2D eigenvalue weighted by atomic mass is 16.6. The van der Waals surface area contributed by atoms with E-state index in [0.717, 1.165) is 22.2 Å². The van der Waals surface area contributed by atoms with Crippen LogP contribution in [-0.2, 0) is 48.5 Å². The molecule has 5 rings (SSSR count). The standard InChI is InChI=1S/C44H53N5O9/c1-44(2,3)58-43(56)47-33(21-13-14-25-57-42(55)30-18-9-6-10-19-30)38(50)45-34(28-32-27-31-20-11-12-22-36(31)48(32)4)39(51)46-35(26-29-16-7-5-8-17-29)40(52)49-24-15-23-37(49)41(53)54/h5-12,16-20,22,27,33-35,37H,13-15,21,23-26,28H2,1-4H3,(H,45,50)(H,46,51)(H,47,56)(H,53,54)/t33-,34+,35-,37+/m0/s1. The summed E-state index contributed by atoms with van der Waals surface area (Å²) in [7, 11) is 1.85. The monoisotopic (exact) mass is 795 g/mol. The topological polar surface area (TPSA) is 185 Å². The van der Waals surface area contributed by atoms with Crippen LogP contribution in [0.4, 0.5) is 4.79 Å². The van der Waals surface area contributed by atoms with Gasteiger partial charge in [0, 0.05) is 37.6 Å². The number of benzene rings is 3. The minimum Gasteiger partial charge on any atom is -0.480 e. The largest absolute Gasteiger partial charge is 0.480 e. The lowest BCUT2D eigenvalue weighted by Crippen LogP contribution is -2.59. The van der Waals surface area contributed by atoms with Crippen molar-refractivity contribution in [2.75, 3.05) is 13.2 Å². The predicted octanol–water partition coefficient (Wildman–Crippen LogP) is 4.93. The number of esters is 1. The summed E-state index contributed by atoms with van der Waals surface area (Å²) in [5.41, 5.74) is 1.93. The van der Waals surface area contributed by atoms with Crippen molar-refractivity contribution < 1.29 is 43.3 Å². The quantitative estimate of drug-likeness (QED) is 0.0850. The molecule has 4 aromatic rings. The van der Waals surface area contributed by atoms with E-state index < -0.39 is 65.5 Å². The number of aryl methyl sites for hydroxylation is 1. The molecular weight excluding hydrogens is 743 g/mol. The van der Waals surface area contributed by atoms with Gasteiger partial charge >= 0.3 is 18.0 Å². The summed E-state index contributed by atoms with van der Waals surface area (Å²) in [6.45, 7) is 5.40. The first kappa shape index (κ1) is 43.0. The lowest BCUT2D eigenvalue weighted by molar-refractivity contribution is -0.149. The molecule has 1 aliphatic heterocycles. The number of amides is 4. The molecule has 308 valence electrons. The molecule has 0 aliphatic carbocycles. The average molecular weight is 796 g/mol. The SMILES string of the molecule is Cn1c(C[C@@H](NC(=O)[C@H](CCCCOC(=O)c2ccccc2)NC(=O)OC(C)(C)C)C(=O)N[C@@H](Cc2ccccc2)C(=O)N2CCC[C@@H]2C(=O)O)cc2ccccc21. The lowest BCUT2D eigenvalue weighted by atomic mass is 10.0. The molecule has 2 heterocycles. The van der Waals surface area contributed by atoms with Gasteiger partial charge < -0.3 is 40.0 Å². The van der Waals surface area contributed by atoms with Gasteiger partial charge in [-0.3, -0.25) is 14.4 Å². The Hall–Kier alpha value is -6.18. The summed E-state index contributed by atoms with van der Waals surface area (Å²) in [5.74, 6) is -3.45. The highest BCUT2D eigenvalue weighted by Gasteiger charge is 2.39.